The highest BCUT2D eigenvalue weighted by molar-refractivity contribution is 7.99. The minimum Gasteiger partial charge on any atom is -0.481 e. The van der Waals surface area contributed by atoms with Gasteiger partial charge in [-0.2, -0.15) is 0 Å². The predicted molar refractivity (Wildman–Crippen MR) is 73.1 cm³/mol. The van der Waals surface area contributed by atoms with E-state index >= 15 is 0 Å². The number of rotatable bonds is 8. The molecule has 0 radical (unpaired) electrons. The number of aryl methyl sites for hydroxylation is 1. The lowest BCUT2D eigenvalue weighted by Gasteiger charge is -2.19. The highest BCUT2D eigenvalue weighted by Gasteiger charge is 2.10. The van der Waals surface area contributed by atoms with E-state index in [4.69, 9.17) is 5.11 Å². The molecule has 0 saturated heterocycles. The van der Waals surface area contributed by atoms with Gasteiger partial charge in [0.25, 0.3) is 0 Å². The lowest BCUT2D eigenvalue weighted by molar-refractivity contribution is -0.133. The minimum atomic E-state index is -0.809. The molecule has 0 aliphatic rings. The first kappa shape index (κ1) is 15.0. The summed E-state index contributed by atoms with van der Waals surface area (Å²) in [6.07, 6.45) is 1.80. The summed E-state index contributed by atoms with van der Waals surface area (Å²) < 4.78 is 2.09. The molecule has 0 amide bonds. The van der Waals surface area contributed by atoms with E-state index in [9.17, 15) is 4.79 Å². The molecule has 1 heterocycles. The van der Waals surface area contributed by atoms with Gasteiger partial charge in [-0.3, -0.25) is 4.79 Å². The maximum absolute atomic E-state index is 10.6. The number of aliphatic carboxylic acids is 1. The largest absolute Gasteiger partial charge is 0.481 e. The van der Waals surface area contributed by atoms with Crippen molar-refractivity contribution >= 4 is 17.7 Å². The molecule has 1 aromatic rings. The van der Waals surface area contributed by atoms with Gasteiger partial charge in [0, 0.05) is 25.0 Å². The van der Waals surface area contributed by atoms with Gasteiger partial charge in [0.2, 0.25) is 0 Å². The molecular formula is C12H21N3O2S. The maximum Gasteiger partial charge on any atom is 0.313 e. The van der Waals surface area contributed by atoms with Crippen molar-refractivity contribution in [3.63, 3.8) is 0 Å². The second kappa shape index (κ2) is 7.43. The van der Waals surface area contributed by atoms with Crippen LogP contribution in [0.15, 0.2) is 11.4 Å². The van der Waals surface area contributed by atoms with Crippen LogP contribution in [-0.2, 0) is 11.3 Å². The zero-order valence-corrected chi connectivity index (χ0v) is 12.0. The van der Waals surface area contributed by atoms with E-state index in [-0.39, 0.29) is 5.75 Å². The van der Waals surface area contributed by atoms with E-state index in [0.717, 1.165) is 37.0 Å². The molecule has 6 heteroatoms. The Bertz CT molecular complexity index is 389. The fraction of sp³-hybridized carbons (Fsp3) is 0.667. The summed E-state index contributed by atoms with van der Waals surface area (Å²) in [4.78, 5) is 17.2. The summed E-state index contributed by atoms with van der Waals surface area (Å²) >= 11 is 1.28. The monoisotopic (exact) mass is 271 g/mol. The van der Waals surface area contributed by atoms with Gasteiger partial charge < -0.3 is 14.6 Å². The topological polar surface area (TPSA) is 58.4 Å². The summed E-state index contributed by atoms with van der Waals surface area (Å²) in [6.45, 7) is 10.2. The average molecular weight is 271 g/mol. The number of likely N-dealkylation sites (N-methyl/N-ethyl adjacent to an activating group) is 1. The molecule has 0 aromatic carbocycles. The van der Waals surface area contributed by atoms with Gasteiger partial charge in [-0.1, -0.05) is 25.6 Å². The van der Waals surface area contributed by atoms with Crippen LogP contribution >= 0.6 is 11.8 Å². The van der Waals surface area contributed by atoms with E-state index in [1.807, 2.05) is 6.92 Å². The van der Waals surface area contributed by atoms with E-state index in [1.54, 1.807) is 6.20 Å². The molecule has 0 spiro atoms. The van der Waals surface area contributed by atoms with Crippen LogP contribution in [0.25, 0.3) is 0 Å². The molecule has 0 aliphatic carbocycles. The second-order valence-electron chi connectivity index (χ2n) is 4.04. The molecule has 0 fully saturated rings. The summed E-state index contributed by atoms with van der Waals surface area (Å²) in [5.41, 5.74) is 1.08. The Hall–Kier alpha value is -1.01. The first-order valence-corrected chi connectivity index (χ1v) is 7.16. The molecule has 0 aliphatic heterocycles. The van der Waals surface area contributed by atoms with Gasteiger partial charge >= 0.3 is 5.97 Å². The number of imidazole rings is 1. The van der Waals surface area contributed by atoms with Crippen molar-refractivity contribution in [1.82, 2.24) is 14.5 Å². The molecular weight excluding hydrogens is 250 g/mol. The van der Waals surface area contributed by atoms with Crippen LogP contribution in [0.2, 0.25) is 0 Å². The molecule has 18 heavy (non-hydrogen) atoms. The number of carbonyl (C=O) groups is 1. The summed E-state index contributed by atoms with van der Waals surface area (Å²) in [5.74, 6) is -0.752. The van der Waals surface area contributed by atoms with Crippen molar-refractivity contribution < 1.29 is 9.90 Å². The highest BCUT2D eigenvalue weighted by Crippen LogP contribution is 2.18. The SMILES string of the molecule is CCN(CC)CCn1c(C)cnc1SCC(=O)O. The van der Waals surface area contributed by atoms with E-state index in [1.165, 1.54) is 11.8 Å². The van der Waals surface area contributed by atoms with Crippen LogP contribution in [0, 0.1) is 6.92 Å². The number of carboxylic acids is 1. The van der Waals surface area contributed by atoms with Gasteiger partial charge in [0.15, 0.2) is 5.16 Å². The van der Waals surface area contributed by atoms with Gasteiger partial charge in [0.05, 0.1) is 5.75 Å². The second-order valence-corrected chi connectivity index (χ2v) is 4.99. The van der Waals surface area contributed by atoms with E-state index in [0.29, 0.717) is 0 Å². The lowest BCUT2D eigenvalue weighted by Crippen LogP contribution is -2.27. The summed E-state index contributed by atoms with van der Waals surface area (Å²) in [7, 11) is 0. The molecule has 0 unspecified atom stereocenters. The number of nitrogens with zero attached hydrogens (tertiary/aromatic N) is 3. The average Bonchev–Trinajstić information content (AvgIpc) is 2.69. The third kappa shape index (κ3) is 4.34. The quantitative estimate of drug-likeness (QED) is 0.729. The molecule has 1 aromatic heterocycles. The number of hydrogen-bond acceptors (Lipinski definition) is 4. The number of aromatic nitrogens is 2. The standard InChI is InChI=1S/C12H21N3O2S/c1-4-14(5-2)6-7-15-10(3)8-13-12(15)18-9-11(16)17/h8H,4-7,9H2,1-3H3,(H,16,17). The fourth-order valence-corrected chi connectivity index (χ4v) is 2.50. The lowest BCUT2D eigenvalue weighted by atomic mass is 10.4. The van der Waals surface area contributed by atoms with Crippen molar-refractivity contribution in [2.45, 2.75) is 32.5 Å². The van der Waals surface area contributed by atoms with Crippen LogP contribution in [0.5, 0.6) is 0 Å². The predicted octanol–water partition coefficient (Wildman–Crippen LogP) is 1.71. The molecule has 0 bridgehead atoms. The van der Waals surface area contributed by atoms with Crippen LogP contribution < -0.4 is 0 Å². The zero-order valence-electron chi connectivity index (χ0n) is 11.2. The maximum atomic E-state index is 10.6. The van der Waals surface area contributed by atoms with Crippen LogP contribution in [0.4, 0.5) is 0 Å². The van der Waals surface area contributed by atoms with Crippen molar-refractivity contribution in [2.24, 2.45) is 0 Å². The first-order chi connectivity index (χ1) is 8.58. The Morgan fingerprint density at radius 2 is 2.17 bits per heavy atom. The number of carboxylic acid groups (broad SMARTS) is 1. The number of hydrogen-bond donors (Lipinski definition) is 1. The third-order valence-electron chi connectivity index (χ3n) is 2.88. The summed E-state index contributed by atoms with van der Waals surface area (Å²) in [5, 5.41) is 9.49. The Morgan fingerprint density at radius 1 is 1.50 bits per heavy atom. The van der Waals surface area contributed by atoms with Crippen molar-refractivity contribution in [2.75, 3.05) is 25.4 Å². The normalized spacial score (nSPS) is 11.1. The Labute approximate surface area is 112 Å². The smallest absolute Gasteiger partial charge is 0.313 e. The molecule has 0 atom stereocenters. The molecule has 1 N–H and O–H groups in total. The van der Waals surface area contributed by atoms with Crippen LogP contribution in [0.1, 0.15) is 19.5 Å². The minimum absolute atomic E-state index is 0.0573. The zero-order chi connectivity index (χ0) is 13.5. The highest BCUT2D eigenvalue weighted by atomic mass is 32.2. The van der Waals surface area contributed by atoms with Crippen LogP contribution in [0.3, 0.4) is 0 Å². The van der Waals surface area contributed by atoms with Crippen molar-refractivity contribution in [3.8, 4) is 0 Å². The van der Waals surface area contributed by atoms with E-state index in [2.05, 4.69) is 28.3 Å². The molecule has 5 nitrogen and oxygen atoms in total. The Balaban J connectivity index is 2.63. The number of thioether (sulfide) groups is 1. The molecule has 1 rings (SSSR count). The Kier molecular flexibility index (Phi) is 6.21. The van der Waals surface area contributed by atoms with Crippen LogP contribution in [-0.4, -0.2) is 50.9 Å². The Morgan fingerprint density at radius 3 is 2.72 bits per heavy atom. The van der Waals surface area contributed by atoms with Gasteiger partial charge in [-0.05, 0) is 20.0 Å². The van der Waals surface area contributed by atoms with Gasteiger partial charge in [0.1, 0.15) is 0 Å². The van der Waals surface area contributed by atoms with Crippen molar-refractivity contribution in [1.29, 1.82) is 0 Å². The van der Waals surface area contributed by atoms with E-state index < -0.39 is 5.97 Å². The molecule has 102 valence electrons. The molecule has 0 saturated carbocycles. The summed E-state index contributed by atoms with van der Waals surface area (Å²) in [6, 6.07) is 0. The fourth-order valence-electron chi connectivity index (χ4n) is 1.73. The van der Waals surface area contributed by atoms with Gasteiger partial charge in [-0.15, -0.1) is 0 Å². The van der Waals surface area contributed by atoms with Gasteiger partial charge in [-0.25, -0.2) is 4.98 Å². The third-order valence-corrected chi connectivity index (χ3v) is 3.85. The first-order valence-electron chi connectivity index (χ1n) is 6.17. The van der Waals surface area contributed by atoms with Crippen molar-refractivity contribution in [3.05, 3.63) is 11.9 Å².